The number of H-pyrrole nitrogens is 1. The van der Waals surface area contributed by atoms with Gasteiger partial charge in [0, 0.05) is 23.4 Å². The molecule has 0 atom stereocenters. The van der Waals surface area contributed by atoms with E-state index in [0.29, 0.717) is 0 Å². The Bertz CT molecular complexity index is 1480. The van der Waals surface area contributed by atoms with E-state index in [0.717, 1.165) is 29.3 Å². The Kier molecular flexibility index (Phi) is 6.71. The van der Waals surface area contributed by atoms with E-state index < -0.39 is 0 Å². The monoisotopic (exact) mass is 486 g/mol. The summed E-state index contributed by atoms with van der Waals surface area (Å²) in [6.45, 7) is 12.9. The lowest BCUT2D eigenvalue weighted by molar-refractivity contribution is 0.460. The molecular weight excluding hydrogens is 452 g/mol. The number of hydrogen-bond acceptors (Lipinski definition) is 2. The van der Waals surface area contributed by atoms with Crippen LogP contribution in [0.5, 0.6) is 11.5 Å². The predicted octanol–water partition coefficient (Wildman–Crippen LogP) is 8.89. The molecule has 3 heteroatoms. The van der Waals surface area contributed by atoms with Gasteiger partial charge in [0.05, 0.1) is 11.4 Å². The zero-order valence-corrected chi connectivity index (χ0v) is 22.6. The van der Waals surface area contributed by atoms with Gasteiger partial charge in [0.1, 0.15) is 11.5 Å². The molecule has 0 saturated heterocycles. The number of fused-ring (bicyclic) bond motifs is 2. The molecule has 0 bridgehead atoms. The van der Waals surface area contributed by atoms with Gasteiger partial charge in [-0.2, -0.15) is 0 Å². The number of nitrogens with one attached hydrogen (secondary N) is 1. The molecule has 37 heavy (non-hydrogen) atoms. The summed E-state index contributed by atoms with van der Waals surface area (Å²) in [6.07, 6.45) is 0.979. The Morgan fingerprint density at radius 1 is 0.676 bits per heavy atom. The van der Waals surface area contributed by atoms with E-state index in [1.54, 1.807) is 0 Å². The van der Waals surface area contributed by atoms with E-state index in [2.05, 4.69) is 101 Å². The molecule has 0 amide bonds. The second kappa shape index (κ2) is 10.1. The second-order valence-corrected chi connectivity index (χ2v) is 9.91. The van der Waals surface area contributed by atoms with Crippen LogP contribution in [0, 0.1) is 20.8 Å². The first-order valence-corrected chi connectivity index (χ1v) is 12.9. The summed E-state index contributed by atoms with van der Waals surface area (Å²) in [6, 6.07) is 27.0. The van der Waals surface area contributed by atoms with Crippen molar-refractivity contribution in [1.82, 2.24) is 4.98 Å². The first-order valence-electron chi connectivity index (χ1n) is 12.9. The van der Waals surface area contributed by atoms with Gasteiger partial charge in [-0.25, -0.2) is 0 Å². The normalized spacial score (nSPS) is 15.2. The smallest absolute Gasteiger partial charge is 0.130 e. The maximum atomic E-state index is 5.78. The minimum Gasteiger partial charge on any atom is -0.457 e. The van der Waals surface area contributed by atoms with Crippen LogP contribution in [0.15, 0.2) is 101 Å². The minimum atomic E-state index is 0.979. The Balaban J connectivity index is 0.000000170. The second-order valence-electron chi connectivity index (χ2n) is 9.91. The number of benzene rings is 3. The summed E-state index contributed by atoms with van der Waals surface area (Å²) >= 11 is 0. The number of ether oxygens (including phenoxy) is 1. The van der Waals surface area contributed by atoms with Gasteiger partial charge in [0.25, 0.3) is 0 Å². The largest absolute Gasteiger partial charge is 0.457 e. The zero-order chi connectivity index (χ0) is 26.1. The highest BCUT2D eigenvalue weighted by Crippen LogP contribution is 2.38. The molecule has 2 aliphatic heterocycles. The lowest BCUT2D eigenvalue weighted by Gasteiger charge is -2.19. The number of hydrogen-bond donors (Lipinski definition) is 1. The lowest BCUT2D eigenvalue weighted by Crippen LogP contribution is -2.01. The van der Waals surface area contributed by atoms with Crippen molar-refractivity contribution in [2.75, 3.05) is 0 Å². The number of aliphatic imine (C=N–C) groups is 1. The number of para-hydroxylation sites is 2. The molecule has 3 aromatic carbocycles. The van der Waals surface area contributed by atoms with Gasteiger partial charge in [0.15, 0.2) is 0 Å². The van der Waals surface area contributed by atoms with Crippen molar-refractivity contribution in [3.8, 4) is 11.5 Å². The molecule has 0 fully saturated rings. The quantitative estimate of drug-likeness (QED) is 0.266. The molecule has 3 nitrogen and oxygen atoms in total. The van der Waals surface area contributed by atoms with Crippen LogP contribution in [0.3, 0.4) is 0 Å². The molecule has 0 spiro atoms. The van der Waals surface area contributed by atoms with Crippen molar-refractivity contribution < 1.29 is 4.74 Å². The van der Waals surface area contributed by atoms with Gasteiger partial charge in [-0.15, -0.1) is 0 Å². The van der Waals surface area contributed by atoms with E-state index in [9.17, 15) is 0 Å². The molecule has 3 heterocycles. The van der Waals surface area contributed by atoms with E-state index in [1.165, 1.54) is 55.9 Å². The molecular formula is C34H34N2O. The number of allylic oxidation sites excluding steroid dienone is 2. The maximum Gasteiger partial charge on any atom is 0.130 e. The molecule has 1 N–H and O–H groups in total. The van der Waals surface area contributed by atoms with Gasteiger partial charge in [0.2, 0.25) is 0 Å². The van der Waals surface area contributed by atoms with E-state index >= 15 is 0 Å². The predicted molar refractivity (Wildman–Crippen MR) is 155 cm³/mol. The van der Waals surface area contributed by atoms with Gasteiger partial charge < -0.3 is 9.72 Å². The van der Waals surface area contributed by atoms with Gasteiger partial charge >= 0.3 is 0 Å². The standard InChI is InChI=1S/C21H24N2.C13H10O/c1-12-14(3)20(22-16(12)5)19(18-10-8-7-9-11-18)21-15(4)13(2)17(6)23-21;1-3-7-12-10(5-1)9-11-6-2-4-8-13(11)14-12/h7-11,22H,1-6H3;1-8H,9H2/b21-19-;. The molecule has 0 unspecified atom stereocenters. The van der Waals surface area contributed by atoms with Crippen molar-refractivity contribution >= 4 is 11.3 Å². The number of nitrogens with zero attached hydrogens (tertiary/aromatic N) is 1. The molecule has 186 valence electrons. The summed E-state index contributed by atoms with van der Waals surface area (Å²) in [4.78, 5) is 8.47. The van der Waals surface area contributed by atoms with Gasteiger partial charge in [-0.05, 0) is 92.6 Å². The minimum absolute atomic E-state index is 0.979. The molecule has 2 aliphatic rings. The first-order chi connectivity index (χ1) is 17.8. The van der Waals surface area contributed by atoms with Crippen LogP contribution < -0.4 is 4.74 Å². The summed E-state index contributed by atoms with van der Waals surface area (Å²) < 4.78 is 5.78. The van der Waals surface area contributed by atoms with Crippen LogP contribution in [-0.4, -0.2) is 10.7 Å². The molecule has 0 radical (unpaired) electrons. The number of aromatic nitrogens is 1. The highest BCUT2D eigenvalue weighted by Gasteiger charge is 2.23. The molecule has 6 rings (SSSR count). The molecule has 1 aromatic heterocycles. The molecule has 0 aliphatic carbocycles. The van der Waals surface area contributed by atoms with Crippen molar-refractivity contribution in [2.45, 2.75) is 48.0 Å². The molecule has 0 saturated carbocycles. The fraction of sp³-hybridized carbons (Fsp3) is 0.206. The Hall–Kier alpha value is -4.11. The fourth-order valence-electron chi connectivity index (χ4n) is 4.95. The number of rotatable bonds is 2. The van der Waals surface area contributed by atoms with Crippen LogP contribution in [0.1, 0.15) is 60.0 Å². The van der Waals surface area contributed by atoms with E-state index in [-0.39, 0.29) is 0 Å². The zero-order valence-electron chi connectivity index (χ0n) is 22.6. The third-order valence-electron chi connectivity index (χ3n) is 7.65. The third-order valence-corrected chi connectivity index (χ3v) is 7.65. The summed E-state index contributed by atoms with van der Waals surface area (Å²) in [7, 11) is 0. The van der Waals surface area contributed by atoms with Crippen molar-refractivity contribution in [1.29, 1.82) is 0 Å². The molecule has 4 aromatic rings. The SMILES string of the molecule is CC1=N/C(=C(/c2ccccc2)c2[nH]c(C)c(C)c2C)C(C)=C1C.c1ccc2c(c1)Cc1ccccc1O2. The Labute approximate surface area is 220 Å². The number of aryl methyl sites for hydroxylation is 1. The van der Waals surface area contributed by atoms with Crippen molar-refractivity contribution in [3.05, 3.63) is 135 Å². The van der Waals surface area contributed by atoms with Crippen LogP contribution in [-0.2, 0) is 6.42 Å². The van der Waals surface area contributed by atoms with Gasteiger partial charge in [-0.3, -0.25) is 4.99 Å². The van der Waals surface area contributed by atoms with E-state index in [4.69, 9.17) is 9.73 Å². The van der Waals surface area contributed by atoms with Crippen LogP contribution >= 0.6 is 0 Å². The highest BCUT2D eigenvalue weighted by atomic mass is 16.5. The third kappa shape index (κ3) is 4.70. The van der Waals surface area contributed by atoms with E-state index in [1.807, 2.05) is 24.3 Å². The summed E-state index contributed by atoms with van der Waals surface area (Å²) in [5.74, 6) is 1.98. The van der Waals surface area contributed by atoms with Crippen LogP contribution in [0.4, 0.5) is 0 Å². The lowest BCUT2D eigenvalue weighted by atomic mass is 9.94. The summed E-state index contributed by atoms with van der Waals surface area (Å²) in [5.41, 5.74) is 14.7. The first kappa shape index (κ1) is 24.6. The van der Waals surface area contributed by atoms with Crippen molar-refractivity contribution in [2.24, 2.45) is 4.99 Å². The Morgan fingerprint density at radius 2 is 1.24 bits per heavy atom. The Morgan fingerprint density at radius 3 is 1.76 bits per heavy atom. The van der Waals surface area contributed by atoms with Crippen LogP contribution in [0.2, 0.25) is 0 Å². The maximum absolute atomic E-state index is 5.78. The fourth-order valence-corrected chi connectivity index (χ4v) is 4.95. The summed E-state index contributed by atoms with van der Waals surface area (Å²) in [5, 5.41) is 0. The average Bonchev–Trinajstić information content (AvgIpc) is 3.32. The van der Waals surface area contributed by atoms with Crippen molar-refractivity contribution in [3.63, 3.8) is 0 Å². The number of aromatic amines is 1. The highest BCUT2D eigenvalue weighted by molar-refractivity contribution is 6.05. The average molecular weight is 487 g/mol. The topological polar surface area (TPSA) is 37.4 Å². The van der Waals surface area contributed by atoms with Gasteiger partial charge in [-0.1, -0.05) is 66.7 Å². The van der Waals surface area contributed by atoms with Crippen LogP contribution in [0.25, 0.3) is 5.57 Å².